The zero-order chi connectivity index (χ0) is 17.8. The fraction of sp³-hybridized carbons (Fsp3) is 0.308. The van der Waals surface area contributed by atoms with Crippen LogP contribution in [0.15, 0.2) is 29.2 Å². The van der Waals surface area contributed by atoms with E-state index in [1.165, 1.54) is 33.0 Å². The van der Waals surface area contributed by atoms with Crippen LogP contribution >= 0.6 is 23.4 Å². The van der Waals surface area contributed by atoms with Crippen LogP contribution in [0.5, 0.6) is 0 Å². The number of rotatable bonds is 2. The van der Waals surface area contributed by atoms with Crippen LogP contribution in [0.2, 0.25) is 0 Å². The molecule has 128 valence electrons. The van der Waals surface area contributed by atoms with E-state index in [-0.39, 0.29) is 0 Å². The summed E-state index contributed by atoms with van der Waals surface area (Å²) >= 11 is 6.12. The van der Waals surface area contributed by atoms with Gasteiger partial charge in [-0.2, -0.15) is 0 Å². The summed E-state index contributed by atoms with van der Waals surface area (Å²) < 4.78 is 8.24. The van der Waals surface area contributed by atoms with Gasteiger partial charge in [-0.15, -0.1) is 16.8 Å². The minimum Gasteiger partial charge on any atom is -0.457 e. The molecule has 23 heavy (non-hydrogen) atoms. The Morgan fingerprint density at radius 2 is 1.83 bits per heavy atom. The van der Waals surface area contributed by atoms with Crippen molar-refractivity contribution in [3.8, 4) is 0 Å². The molecule has 0 saturated carbocycles. The van der Waals surface area contributed by atoms with E-state index >= 15 is 0 Å². The highest BCUT2D eigenvalue weighted by atomic mass is 35.5. The molecule has 0 spiro atoms. The highest BCUT2D eigenvalue weighted by Crippen LogP contribution is 2.22. The smallest absolute Gasteiger partial charge is 0.457 e. The molecule has 10 heteroatoms. The van der Waals surface area contributed by atoms with Gasteiger partial charge in [0.2, 0.25) is 0 Å². The second kappa shape index (κ2) is 11.4. The lowest BCUT2D eigenvalue weighted by molar-refractivity contribution is 0.0682. The third-order valence-electron chi connectivity index (χ3n) is 2.18. The predicted octanol–water partition coefficient (Wildman–Crippen LogP) is 3.24. The Bertz CT molecular complexity index is 543. The van der Waals surface area contributed by atoms with Crippen molar-refractivity contribution in [2.24, 2.45) is 0 Å². The van der Waals surface area contributed by atoms with Gasteiger partial charge in [0.05, 0.1) is 19.9 Å². The molecule has 0 aromatic heterocycles. The third-order valence-corrected chi connectivity index (χ3v) is 3.06. The first-order valence-corrected chi connectivity index (χ1v) is 7.65. The topological polar surface area (TPSA) is 94.2 Å². The van der Waals surface area contributed by atoms with Gasteiger partial charge < -0.3 is 14.8 Å². The SMILES string of the molecule is CNC(=O)N(OC(=O)OC)c1cccc(SC)c1.COC(=O)Cl. The molecule has 1 rings (SSSR count). The van der Waals surface area contributed by atoms with Crippen molar-refractivity contribution in [1.82, 2.24) is 5.32 Å². The first-order valence-electron chi connectivity index (χ1n) is 6.04. The van der Waals surface area contributed by atoms with Crippen LogP contribution in [0.25, 0.3) is 0 Å². The van der Waals surface area contributed by atoms with E-state index in [0.717, 1.165) is 9.96 Å². The van der Waals surface area contributed by atoms with Gasteiger partial charge >= 0.3 is 17.6 Å². The number of nitrogens with zero attached hydrogens (tertiary/aromatic N) is 1. The Balaban J connectivity index is 0.000000841. The van der Waals surface area contributed by atoms with Gasteiger partial charge in [0, 0.05) is 23.5 Å². The van der Waals surface area contributed by atoms with Crippen molar-refractivity contribution < 1.29 is 28.7 Å². The molecule has 0 aliphatic carbocycles. The first kappa shape index (κ1) is 20.9. The number of amides is 2. The van der Waals surface area contributed by atoms with E-state index in [0.29, 0.717) is 5.69 Å². The molecule has 0 aliphatic rings. The second-order valence-corrected chi connectivity index (χ2v) is 4.73. The molecule has 0 saturated heterocycles. The molecule has 1 aromatic carbocycles. The number of hydrogen-bond donors (Lipinski definition) is 1. The van der Waals surface area contributed by atoms with Crippen molar-refractivity contribution in [2.45, 2.75) is 4.90 Å². The number of anilines is 1. The third kappa shape index (κ3) is 8.17. The largest absolute Gasteiger partial charge is 0.533 e. The molecule has 0 bridgehead atoms. The van der Waals surface area contributed by atoms with E-state index in [4.69, 9.17) is 4.84 Å². The second-order valence-electron chi connectivity index (χ2n) is 3.54. The summed E-state index contributed by atoms with van der Waals surface area (Å²) in [7, 11) is 3.83. The summed E-state index contributed by atoms with van der Waals surface area (Å²) in [6.07, 6.45) is 0.943. The van der Waals surface area contributed by atoms with Crippen LogP contribution < -0.4 is 10.4 Å². The van der Waals surface area contributed by atoms with Crippen molar-refractivity contribution in [2.75, 3.05) is 32.6 Å². The summed E-state index contributed by atoms with van der Waals surface area (Å²) in [4.78, 5) is 37.8. The number of benzene rings is 1. The predicted molar refractivity (Wildman–Crippen MR) is 86.9 cm³/mol. The molecule has 1 N–H and O–H groups in total. The Kier molecular flexibility index (Phi) is 10.4. The molecule has 1 aromatic rings. The van der Waals surface area contributed by atoms with Crippen molar-refractivity contribution in [1.29, 1.82) is 0 Å². The minimum absolute atomic E-state index is 0.437. The summed E-state index contributed by atoms with van der Waals surface area (Å²) in [5.41, 5.74) is -0.336. The molecule has 0 unspecified atom stereocenters. The van der Waals surface area contributed by atoms with Gasteiger partial charge in [0.25, 0.3) is 0 Å². The van der Waals surface area contributed by atoms with Crippen LogP contribution in [0.4, 0.5) is 20.1 Å². The van der Waals surface area contributed by atoms with E-state index in [2.05, 4.69) is 26.4 Å². The number of carbonyl (C=O) groups is 3. The molecular formula is C13H17ClN2O6S. The molecular weight excluding hydrogens is 348 g/mol. The Morgan fingerprint density at radius 3 is 2.26 bits per heavy atom. The summed E-state index contributed by atoms with van der Waals surface area (Å²) in [5, 5.41) is 3.22. The van der Waals surface area contributed by atoms with Crippen LogP contribution in [0.1, 0.15) is 0 Å². The van der Waals surface area contributed by atoms with Crippen molar-refractivity contribution >= 4 is 46.7 Å². The maximum absolute atomic E-state index is 11.6. The fourth-order valence-corrected chi connectivity index (χ4v) is 1.61. The summed E-state index contributed by atoms with van der Waals surface area (Å²) in [5.74, 6) is 0. The zero-order valence-corrected chi connectivity index (χ0v) is 14.6. The van der Waals surface area contributed by atoms with Gasteiger partial charge in [0.15, 0.2) is 0 Å². The average Bonchev–Trinajstić information content (AvgIpc) is 2.59. The minimum atomic E-state index is -0.965. The number of ether oxygens (including phenoxy) is 2. The fourth-order valence-electron chi connectivity index (χ4n) is 1.16. The van der Waals surface area contributed by atoms with Crippen LogP contribution in [0.3, 0.4) is 0 Å². The Morgan fingerprint density at radius 1 is 1.22 bits per heavy atom. The highest BCUT2D eigenvalue weighted by Gasteiger charge is 2.20. The van der Waals surface area contributed by atoms with Gasteiger partial charge in [-0.25, -0.2) is 14.4 Å². The molecule has 0 radical (unpaired) electrons. The molecule has 0 fully saturated rings. The van der Waals surface area contributed by atoms with Gasteiger partial charge in [-0.05, 0) is 24.5 Å². The number of thioether (sulfide) groups is 1. The number of carbonyl (C=O) groups excluding carboxylic acids is 3. The molecule has 0 aliphatic heterocycles. The monoisotopic (exact) mass is 364 g/mol. The van der Waals surface area contributed by atoms with Crippen LogP contribution in [-0.2, 0) is 14.3 Å². The summed E-state index contributed by atoms with van der Waals surface area (Å²) in [6, 6.07) is 6.45. The molecule has 0 heterocycles. The number of hydroxylamine groups is 1. The summed E-state index contributed by atoms with van der Waals surface area (Å²) in [6.45, 7) is 0. The average molecular weight is 365 g/mol. The lowest BCUT2D eigenvalue weighted by Crippen LogP contribution is -2.39. The lowest BCUT2D eigenvalue weighted by atomic mass is 10.3. The normalized spacial score (nSPS) is 8.91. The standard InChI is InChI=1S/C11H14N2O4S.C2H3ClO2/c1-12-10(14)13(17-11(15)16-2)8-5-4-6-9(7-8)18-3;1-5-2(3)4/h4-7H,1-3H3,(H,12,14);1H3. The van der Waals surface area contributed by atoms with E-state index < -0.39 is 17.6 Å². The van der Waals surface area contributed by atoms with E-state index in [9.17, 15) is 14.4 Å². The van der Waals surface area contributed by atoms with Crippen molar-refractivity contribution in [3.63, 3.8) is 0 Å². The van der Waals surface area contributed by atoms with Gasteiger partial charge in [-0.1, -0.05) is 6.07 Å². The van der Waals surface area contributed by atoms with E-state index in [1.54, 1.807) is 18.2 Å². The van der Waals surface area contributed by atoms with Gasteiger partial charge in [0.1, 0.15) is 0 Å². The molecule has 0 atom stereocenters. The number of methoxy groups -OCH3 is 2. The van der Waals surface area contributed by atoms with Gasteiger partial charge in [-0.3, -0.25) is 4.84 Å². The quantitative estimate of drug-likeness (QED) is 0.372. The zero-order valence-electron chi connectivity index (χ0n) is 13.0. The number of halogens is 1. The van der Waals surface area contributed by atoms with Crippen LogP contribution in [0, 0.1) is 0 Å². The lowest BCUT2D eigenvalue weighted by Gasteiger charge is -2.19. The van der Waals surface area contributed by atoms with Crippen LogP contribution in [-0.4, -0.2) is 45.1 Å². The maximum atomic E-state index is 11.6. The highest BCUT2D eigenvalue weighted by molar-refractivity contribution is 7.98. The number of hydrogen-bond acceptors (Lipinski definition) is 7. The van der Waals surface area contributed by atoms with Crippen molar-refractivity contribution in [3.05, 3.63) is 24.3 Å². The Hall–Kier alpha value is -2.13. The first-order chi connectivity index (χ1) is 10.9. The maximum Gasteiger partial charge on any atom is 0.533 e. The van der Waals surface area contributed by atoms with E-state index in [1.807, 2.05) is 12.3 Å². The molecule has 8 nitrogen and oxygen atoms in total. The molecule has 2 amide bonds. The number of nitrogens with one attached hydrogen (secondary N) is 1. The number of urea groups is 1. The Labute approximate surface area is 143 Å².